The monoisotopic (exact) mass is 307 g/mol. The lowest BCUT2D eigenvalue weighted by Gasteiger charge is -2.32. The SMILES string of the molecule is CC1CN(Cc2cc(CCO)ccc2OCCCN)CCN1. The van der Waals surface area contributed by atoms with Gasteiger partial charge in [-0.2, -0.15) is 0 Å². The smallest absolute Gasteiger partial charge is 0.123 e. The van der Waals surface area contributed by atoms with Crippen LogP contribution in [0.3, 0.4) is 0 Å². The van der Waals surface area contributed by atoms with Crippen molar-refractivity contribution in [1.82, 2.24) is 10.2 Å². The quantitative estimate of drug-likeness (QED) is 0.618. The van der Waals surface area contributed by atoms with Gasteiger partial charge in [0.2, 0.25) is 0 Å². The van der Waals surface area contributed by atoms with E-state index in [0.717, 1.165) is 43.9 Å². The lowest BCUT2D eigenvalue weighted by Crippen LogP contribution is -2.48. The van der Waals surface area contributed by atoms with Gasteiger partial charge in [-0.25, -0.2) is 0 Å². The topological polar surface area (TPSA) is 70.8 Å². The first-order valence-corrected chi connectivity index (χ1v) is 8.24. The molecule has 5 nitrogen and oxygen atoms in total. The van der Waals surface area contributed by atoms with Crippen LogP contribution in [0.15, 0.2) is 18.2 Å². The van der Waals surface area contributed by atoms with Crippen LogP contribution < -0.4 is 15.8 Å². The molecule has 0 aliphatic carbocycles. The lowest BCUT2D eigenvalue weighted by atomic mass is 10.1. The Balaban J connectivity index is 2.07. The molecule has 22 heavy (non-hydrogen) atoms. The third-order valence-electron chi connectivity index (χ3n) is 3.98. The zero-order valence-corrected chi connectivity index (χ0v) is 13.6. The maximum atomic E-state index is 9.15. The van der Waals surface area contributed by atoms with Crippen molar-refractivity contribution in [2.45, 2.75) is 32.4 Å². The number of hydrogen-bond donors (Lipinski definition) is 3. The van der Waals surface area contributed by atoms with Gasteiger partial charge in [-0.05, 0) is 37.9 Å². The minimum absolute atomic E-state index is 0.178. The van der Waals surface area contributed by atoms with Crippen molar-refractivity contribution in [2.24, 2.45) is 5.73 Å². The van der Waals surface area contributed by atoms with Crippen LogP contribution in [0.4, 0.5) is 0 Å². The Hall–Kier alpha value is -1.14. The van der Waals surface area contributed by atoms with Crippen LogP contribution in [0.25, 0.3) is 0 Å². The number of aliphatic hydroxyl groups excluding tert-OH is 1. The first-order chi connectivity index (χ1) is 10.7. The van der Waals surface area contributed by atoms with E-state index in [1.807, 2.05) is 12.1 Å². The van der Waals surface area contributed by atoms with Crippen LogP contribution in [0.5, 0.6) is 5.75 Å². The van der Waals surface area contributed by atoms with E-state index in [9.17, 15) is 0 Å². The van der Waals surface area contributed by atoms with E-state index in [1.165, 1.54) is 5.56 Å². The molecule has 1 aliphatic heterocycles. The molecule has 1 saturated heterocycles. The molecule has 1 atom stereocenters. The average molecular weight is 307 g/mol. The molecule has 1 aromatic carbocycles. The Morgan fingerprint density at radius 3 is 3.05 bits per heavy atom. The maximum absolute atomic E-state index is 9.15. The summed E-state index contributed by atoms with van der Waals surface area (Å²) in [5, 5.41) is 12.6. The summed E-state index contributed by atoms with van der Waals surface area (Å²) < 4.78 is 5.89. The lowest BCUT2D eigenvalue weighted by molar-refractivity contribution is 0.196. The van der Waals surface area contributed by atoms with Crippen LogP contribution in [-0.4, -0.2) is 55.4 Å². The minimum atomic E-state index is 0.178. The van der Waals surface area contributed by atoms with Crippen LogP contribution in [-0.2, 0) is 13.0 Å². The van der Waals surface area contributed by atoms with Crippen LogP contribution in [0.2, 0.25) is 0 Å². The molecule has 0 spiro atoms. The van der Waals surface area contributed by atoms with E-state index in [2.05, 4.69) is 23.2 Å². The molecule has 1 aliphatic rings. The Labute approximate surface area is 133 Å². The second-order valence-corrected chi connectivity index (χ2v) is 6.00. The molecular formula is C17H29N3O2. The van der Waals surface area contributed by atoms with Gasteiger partial charge in [0, 0.05) is 44.4 Å². The van der Waals surface area contributed by atoms with Gasteiger partial charge in [0.05, 0.1) is 6.61 Å². The van der Waals surface area contributed by atoms with E-state index >= 15 is 0 Å². The highest BCUT2D eigenvalue weighted by atomic mass is 16.5. The minimum Gasteiger partial charge on any atom is -0.493 e. The van der Waals surface area contributed by atoms with E-state index < -0.39 is 0 Å². The fourth-order valence-corrected chi connectivity index (χ4v) is 2.84. The van der Waals surface area contributed by atoms with E-state index in [0.29, 0.717) is 25.6 Å². The fraction of sp³-hybridized carbons (Fsp3) is 0.647. The molecule has 1 fully saturated rings. The van der Waals surface area contributed by atoms with Gasteiger partial charge in [0.25, 0.3) is 0 Å². The van der Waals surface area contributed by atoms with Crippen molar-refractivity contribution in [3.8, 4) is 5.75 Å². The Morgan fingerprint density at radius 1 is 1.45 bits per heavy atom. The number of hydrogen-bond acceptors (Lipinski definition) is 5. The molecule has 124 valence electrons. The second kappa shape index (κ2) is 9.10. The maximum Gasteiger partial charge on any atom is 0.123 e. The third-order valence-corrected chi connectivity index (χ3v) is 3.98. The summed E-state index contributed by atoms with van der Waals surface area (Å²) in [4.78, 5) is 2.45. The molecule has 1 aromatic rings. The average Bonchev–Trinajstić information content (AvgIpc) is 2.50. The Kier molecular flexibility index (Phi) is 7.12. The normalized spacial score (nSPS) is 19.3. The first kappa shape index (κ1) is 17.2. The number of nitrogens with one attached hydrogen (secondary N) is 1. The van der Waals surface area contributed by atoms with Gasteiger partial charge in [0.1, 0.15) is 5.75 Å². The Morgan fingerprint density at radius 2 is 2.32 bits per heavy atom. The van der Waals surface area contributed by atoms with Crippen molar-refractivity contribution < 1.29 is 9.84 Å². The fourth-order valence-electron chi connectivity index (χ4n) is 2.84. The van der Waals surface area contributed by atoms with Crippen molar-refractivity contribution in [1.29, 1.82) is 0 Å². The van der Waals surface area contributed by atoms with Crippen molar-refractivity contribution in [3.05, 3.63) is 29.3 Å². The summed E-state index contributed by atoms with van der Waals surface area (Å²) in [7, 11) is 0. The van der Waals surface area contributed by atoms with E-state index in [4.69, 9.17) is 15.6 Å². The van der Waals surface area contributed by atoms with Crippen LogP contribution in [0.1, 0.15) is 24.5 Å². The number of benzene rings is 1. The standard InChI is InChI=1S/C17H29N3O2/c1-14-12-20(8-7-19-14)13-16-11-15(5-9-21)3-4-17(16)22-10-2-6-18/h3-4,11,14,19,21H,2,5-10,12-13,18H2,1H3. The second-order valence-electron chi connectivity index (χ2n) is 6.00. The molecule has 0 aromatic heterocycles. The first-order valence-electron chi connectivity index (χ1n) is 8.24. The third kappa shape index (κ3) is 5.25. The van der Waals surface area contributed by atoms with E-state index in [1.54, 1.807) is 0 Å². The summed E-state index contributed by atoms with van der Waals surface area (Å²) in [6.45, 7) is 7.71. The molecule has 1 heterocycles. The summed E-state index contributed by atoms with van der Waals surface area (Å²) in [6, 6.07) is 6.76. The van der Waals surface area contributed by atoms with Crippen molar-refractivity contribution in [3.63, 3.8) is 0 Å². The zero-order valence-electron chi connectivity index (χ0n) is 13.6. The van der Waals surface area contributed by atoms with Gasteiger partial charge in [0.15, 0.2) is 0 Å². The highest BCUT2D eigenvalue weighted by Gasteiger charge is 2.17. The number of piperazine rings is 1. The van der Waals surface area contributed by atoms with E-state index in [-0.39, 0.29) is 6.61 Å². The molecular weight excluding hydrogens is 278 g/mol. The van der Waals surface area contributed by atoms with Gasteiger partial charge in [-0.15, -0.1) is 0 Å². The van der Waals surface area contributed by atoms with Crippen LogP contribution >= 0.6 is 0 Å². The van der Waals surface area contributed by atoms with Crippen LogP contribution in [0, 0.1) is 0 Å². The number of ether oxygens (including phenoxy) is 1. The highest BCUT2D eigenvalue weighted by Crippen LogP contribution is 2.23. The summed E-state index contributed by atoms with van der Waals surface area (Å²) >= 11 is 0. The molecule has 4 N–H and O–H groups in total. The molecule has 5 heteroatoms. The molecule has 0 amide bonds. The van der Waals surface area contributed by atoms with Gasteiger partial charge in [-0.1, -0.05) is 12.1 Å². The number of nitrogens with zero attached hydrogens (tertiary/aromatic N) is 1. The molecule has 0 bridgehead atoms. The van der Waals surface area contributed by atoms with Gasteiger partial charge in [-0.3, -0.25) is 4.90 Å². The molecule has 1 unspecified atom stereocenters. The summed E-state index contributed by atoms with van der Waals surface area (Å²) in [5.41, 5.74) is 7.90. The molecule has 0 radical (unpaired) electrons. The number of nitrogens with two attached hydrogens (primary N) is 1. The zero-order chi connectivity index (χ0) is 15.8. The number of aliphatic hydroxyl groups is 1. The summed E-state index contributed by atoms with van der Waals surface area (Å²) in [5.74, 6) is 0.946. The Bertz CT molecular complexity index is 454. The largest absolute Gasteiger partial charge is 0.493 e. The van der Waals surface area contributed by atoms with Gasteiger partial charge < -0.3 is 20.9 Å². The molecule has 2 rings (SSSR count). The summed E-state index contributed by atoms with van der Waals surface area (Å²) in [6.07, 6.45) is 1.55. The predicted molar refractivity (Wildman–Crippen MR) is 89.1 cm³/mol. The van der Waals surface area contributed by atoms with Crippen molar-refractivity contribution >= 4 is 0 Å². The van der Waals surface area contributed by atoms with Crippen molar-refractivity contribution in [2.75, 3.05) is 39.4 Å². The van der Waals surface area contributed by atoms with Gasteiger partial charge >= 0.3 is 0 Å². The molecule has 0 saturated carbocycles. The predicted octanol–water partition coefficient (Wildman–Crippen LogP) is 0.743. The number of rotatable bonds is 8. The highest BCUT2D eigenvalue weighted by molar-refractivity contribution is 5.37.